The van der Waals surface area contributed by atoms with Crippen molar-refractivity contribution in [2.75, 3.05) is 13.2 Å². The molecule has 2 nitrogen and oxygen atoms in total. The van der Waals surface area contributed by atoms with Gasteiger partial charge in [-0.3, -0.25) is 0 Å². The van der Waals surface area contributed by atoms with E-state index >= 15 is 0 Å². The predicted octanol–water partition coefficient (Wildman–Crippen LogP) is 4.41. The molecule has 1 atom stereocenters. The second-order valence-corrected chi connectivity index (χ2v) is 6.40. The fourth-order valence-electron chi connectivity index (χ4n) is 3.45. The molecule has 1 N–H and O–H groups in total. The molecule has 1 heterocycles. The first-order valence-corrected chi connectivity index (χ1v) is 8.18. The van der Waals surface area contributed by atoms with Gasteiger partial charge in [0.1, 0.15) is 12.4 Å². The lowest BCUT2D eigenvalue weighted by Crippen LogP contribution is -2.28. The molecule has 0 aliphatic carbocycles. The van der Waals surface area contributed by atoms with Crippen molar-refractivity contribution < 1.29 is 4.74 Å². The third kappa shape index (κ3) is 3.33. The summed E-state index contributed by atoms with van der Waals surface area (Å²) in [5, 5.41) is 3.46. The maximum Gasteiger partial charge on any atom is 0.119 e. The van der Waals surface area contributed by atoms with Crippen LogP contribution < -0.4 is 10.1 Å². The zero-order valence-corrected chi connectivity index (χ0v) is 13.8. The van der Waals surface area contributed by atoms with Gasteiger partial charge < -0.3 is 10.1 Å². The Kier molecular flexibility index (Phi) is 4.49. The van der Waals surface area contributed by atoms with Gasteiger partial charge in [0.15, 0.2) is 0 Å². The van der Waals surface area contributed by atoms with Crippen LogP contribution in [0.5, 0.6) is 5.75 Å². The molecule has 3 rings (SSSR count). The SMILES string of the molecule is Cc1cc(C)c(-c2ccc(OCC3CCCN3)cc2)c(C)c1. The summed E-state index contributed by atoms with van der Waals surface area (Å²) < 4.78 is 5.90. The molecule has 0 amide bonds. The molecule has 1 unspecified atom stereocenters. The Labute approximate surface area is 133 Å². The number of ether oxygens (including phenoxy) is 1. The molecule has 1 fully saturated rings. The fraction of sp³-hybridized carbons (Fsp3) is 0.400. The van der Waals surface area contributed by atoms with Crippen LogP contribution in [0, 0.1) is 20.8 Å². The summed E-state index contributed by atoms with van der Waals surface area (Å²) in [7, 11) is 0. The van der Waals surface area contributed by atoms with Gasteiger partial charge in [-0.15, -0.1) is 0 Å². The third-order valence-corrected chi connectivity index (χ3v) is 4.43. The molecule has 0 radical (unpaired) electrons. The molecule has 0 saturated carbocycles. The standard InChI is InChI=1S/C20H25NO/c1-14-11-15(2)20(16(3)12-14)17-6-8-19(9-7-17)22-13-18-5-4-10-21-18/h6-9,11-12,18,21H,4-5,10,13H2,1-3H3. The third-order valence-electron chi connectivity index (χ3n) is 4.43. The summed E-state index contributed by atoms with van der Waals surface area (Å²) in [6, 6.07) is 13.5. The Morgan fingerprint density at radius 1 is 1.05 bits per heavy atom. The van der Waals surface area contributed by atoms with Gasteiger partial charge >= 0.3 is 0 Å². The number of hydrogen-bond acceptors (Lipinski definition) is 2. The molecular weight excluding hydrogens is 270 g/mol. The first-order chi connectivity index (χ1) is 10.6. The minimum atomic E-state index is 0.515. The van der Waals surface area contributed by atoms with Crippen LogP contribution in [0.25, 0.3) is 11.1 Å². The minimum Gasteiger partial charge on any atom is -0.492 e. The van der Waals surface area contributed by atoms with Crippen LogP contribution in [-0.4, -0.2) is 19.2 Å². The van der Waals surface area contributed by atoms with E-state index in [-0.39, 0.29) is 0 Å². The molecule has 0 spiro atoms. The zero-order valence-electron chi connectivity index (χ0n) is 13.8. The highest BCUT2D eigenvalue weighted by molar-refractivity contribution is 5.71. The lowest BCUT2D eigenvalue weighted by Gasteiger charge is -2.14. The van der Waals surface area contributed by atoms with Crippen LogP contribution in [0.3, 0.4) is 0 Å². The van der Waals surface area contributed by atoms with Gasteiger partial charge in [0.25, 0.3) is 0 Å². The van der Waals surface area contributed by atoms with Crippen molar-refractivity contribution in [3.05, 3.63) is 53.1 Å². The molecule has 1 aliphatic heterocycles. The van der Waals surface area contributed by atoms with E-state index in [9.17, 15) is 0 Å². The number of aryl methyl sites for hydroxylation is 3. The highest BCUT2D eigenvalue weighted by Gasteiger charge is 2.14. The summed E-state index contributed by atoms with van der Waals surface area (Å²) >= 11 is 0. The summed E-state index contributed by atoms with van der Waals surface area (Å²) in [5.74, 6) is 0.958. The summed E-state index contributed by atoms with van der Waals surface area (Å²) in [5.41, 5.74) is 6.60. The van der Waals surface area contributed by atoms with Gasteiger partial charge in [0.05, 0.1) is 0 Å². The van der Waals surface area contributed by atoms with Gasteiger partial charge in [-0.2, -0.15) is 0 Å². The zero-order chi connectivity index (χ0) is 15.5. The van der Waals surface area contributed by atoms with Crippen molar-refractivity contribution in [1.82, 2.24) is 5.32 Å². The van der Waals surface area contributed by atoms with Crippen LogP contribution >= 0.6 is 0 Å². The molecule has 2 aromatic carbocycles. The maximum atomic E-state index is 5.90. The monoisotopic (exact) mass is 295 g/mol. The van der Waals surface area contributed by atoms with E-state index in [1.54, 1.807) is 0 Å². The Balaban J connectivity index is 1.74. The quantitative estimate of drug-likeness (QED) is 0.902. The van der Waals surface area contributed by atoms with Crippen LogP contribution in [0.4, 0.5) is 0 Å². The number of rotatable bonds is 4. The van der Waals surface area contributed by atoms with Crippen LogP contribution in [0.1, 0.15) is 29.5 Å². The molecule has 22 heavy (non-hydrogen) atoms. The Bertz CT molecular complexity index is 616. The molecule has 2 heteroatoms. The van der Waals surface area contributed by atoms with Crippen molar-refractivity contribution >= 4 is 0 Å². The highest BCUT2D eigenvalue weighted by Crippen LogP contribution is 2.29. The normalized spacial score (nSPS) is 17.7. The molecule has 116 valence electrons. The average molecular weight is 295 g/mol. The van der Waals surface area contributed by atoms with E-state index in [0.717, 1.165) is 18.9 Å². The highest BCUT2D eigenvalue weighted by atomic mass is 16.5. The van der Waals surface area contributed by atoms with Crippen molar-refractivity contribution in [2.24, 2.45) is 0 Å². The number of hydrogen-bond donors (Lipinski definition) is 1. The summed E-state index contributed by atoms with van der Waals surface area (Å²) in [4.78, 5) is 0. The average Bonchev–Trinajstić information content (AvgIpc) is 2.98. The van der Waals surface area contributed by atoms with E-state index in [1.807, 2.05) is 0 Å². The summed E-state index contributed by atoms with van der Waals surface area (Å²) in [6.45, 7) is 8.41. The molecule has 0 bridgehead atoms. The topological polar surface area (TPSA) is 21.3 Å². The molecule has 1 saturated heterocycles. The van der Waals surface area contributed by atoms with Crippen LogP contribution in [0.2, 0.25) is 0 Å². The van der Waals surface area contributed by atoms with Crippen molar-refractivity contribution in [3.63, 3.8) is 0 Å². The van der Waals surface area contributed by atoms with E-state index in [2.05, 4.69) is 62.5 Å². The fourth-order valence-corrected chi connectivity index (χ4v) is 3.45. The molecule has 1 aliphatic rings. The van der Waals surface area contributed by atoms with Crippen molar-refractivity contribution in [2.45, 2.75) is 39.7 Å². The predicted molar refractivity (Wildman–Crippen MR) is 92.6 cm³/mol. The lowest BCUT2D eigenvalue weighted by molar-refractivity contribution is 0.277. The molecule has 2 aromatic rings. The molecule has 0 aromatic heterocycles. The van der Waals surface area contributed by atoms with Crippen LogP contribution in [-0.2, 0) is 0 Å². The number of benzene rings is 2. The Morgan fingerprint density at radius 2 is 1.73 bits per heavy atom. The first kappa shape index (κ1) is 15.1. The van der Waals surface area contributed by atoms with E-state index in [0.29, 0.717) is 6.04 Å². The smallest absolute Gasteiger partial charge is 0.119 e. The van der Waals surface area contributed by atoms with E-state index in [1.165, 1.54) is 40.7 Å². The first-order valence-electron chi connectivity index (χ1n) is 8.18. The van der Waals surface area contributed by atoms with Gasteiger partial charge in [-0.1, -0.05) is 29.8 Å². The van der Waals surface area contributed by atoms with E-state index < -0.39 is 0 Å². The van der Waals surface area contributed by atoms with Crippen molar-refractivity contribution in [3.8, 4) is 16.9 Å². The van der Waals surface area contributed by atoms with Crippen LogP contribution in [0.15, 0.2) is 36.4 Å². The van der Waals surface area contributed by atoms with Gasteiger partial charge in [0, 0.05) is 6.04 Å². The second kappa shape index (κ2) is 6.53. The van der Waals surface area contributed by atoms with Gasteiger partial charge in [0.2, 0.25) is 0 Å². The maximum absolute atomic E-state index is 5.90. The van der Waals surface area contributed by atoms with E-state index in [4.69, 9.17) is 4.74 Å². The largest absolute Gasteiger partial charge is 0.492 e. The Hall–Kier alpha value is -1.80. The Morgan fingerprint density at radius 3 is 2.32 bits per heavy atom. The number of nitrogens with one attached hydrogen (secondary N) is 1. The van der Waals surface area contributed by atoms with Gasteiger partial charge in [-0.25, -0.2) is 0 Å². The lowest BCUT2D eigenvalue weighted by atomic mass is 9.94. The minimum absolute atomic E-state index is 0.515. The molecular formula is C20H25NO. The second-order valence-electron chi connectivity index (χ2n) is 6.40. The summed E-state index contributed by atoms with van der Waals surface area (Å²) in [6.07, 6.45) is 2.48. The van der Waals surface area contributed by atoms with Crippen molar-refractivity contribution in [1.29, 1.82) is 0 Å². The van der Waals surface area contributed by atoms with Gasteiger partial charge in [-0.05, 0) is 74.5 Å².